The summed E-state index contributed by atoms with van der Waals surface area (Å²) in [5, 5.41) is 21.5. The molecule has 0 unspecified atom stereocenters. The predicted molar refractivity (Wildman–Crippen MR) is 235 cm³/mol. The van der Waals surface area contributed by atoms with Crippen LogP contribution in [0.1, 0.15) is 61.5 Å². The summed E-state index contributed by atoms with van der Waals surface area (Å²) in [7, 11) is 0. The molecular formula is C46H49Cl3N2O4. The van der Waals surface area contributed by atoms with E-state index in [0.717, 1.165) is 11.3 Å². The van der Waals surface area contributed by atoms with E-state index in [2.05, 4.69) is 69.1 Å². The zero-order valence-electron chi connectivity index (χ0n) is 30.9. The molecule has 6 aromatic rings. The Bertz CT molecular complexity index is 2070. The molecule has 0 bridgehead atoms. The van der Waals surface area contributed by atoms with Gasteiger partial charge < -0.3 is 21.3 Å². The summed E-state index contributed by atoms with van der Waals surface area (Å²) in [6, 6.07) is 40.4. The van der Waals surface area contributed by atoms with E-state index < -0.39 is 5.24 Å². The van der Waals surface area contributed by atoms with Crippen LogP contribution in [0.25, 0.3) is 6.08 Å². The first-order valence-electron chi connectivity index (χ1n) is 16.7. The van der Waals surface area contributed by atoms with E-state index in [1.807, 2.05) is 74.5 Å². The minimum atomic E-state index is -0.695. The summed E-state index contributed by atoms with van der Waals surface area (Å²) in [5.41, 5.74) is 14.7. The lowest BCUT2D eigenvalue weighted by atomic mass is 10.1. The molecule has 6 rings (SSSR count). The molecular weight excluding hydrogens is 751 g/mol. The highest BCUT2D eigenvalue weighted by atomic mass is 35.5. The van der Waals surface area contributed by atoms with Crippen LogP contribution in [0.15, 0.2) is 140 Å². The van der Waals surface area contributed by atoms with Crippen molar-refractivity contribution >= 4 is 63.4 Å². The first kappa shape index (κ1) is 47.5. The fourth-order valence-electron chi connectivity index (χ4n) is 4.56. The van der Waals surface area contributed by atoms with Gasteiger partial charge in [0.15, 0.2) is 0 Å². The Kier molecular flexibility index (Phi) is 21.3. The van der Waals surface area contributed by atoms with Gasteiger partial charge in [-0.15, -0.1) is 0 Å². The van der Waals surface area contributed by atoms with Gasteiger partial charge in [-0.25, -0.2) is 0 Å². The number of nitrogens with one attached hydrogen (secondary N) is 1. The fraction of sp³-hybridized carbons (Fsp3) is 0.130. The largest absolute Gasteiger partial charge is 0.507 e. The number of aromatic hydroxyl groups is 2. The maximum Gasteiger partial charge on any atom is 0.259 e. The molecule has 6 aromatic carbocycles. The Hall–Kier alpha value is -5.53. The Morgan fingerprint density at radius 2 is 1.04 bits per heavy atom. The van der Waals surface area contributed by atoms with Crippen LogP contribution in [-0.4, -0.2) is 21.4 Å². The standard InChI is InChI=1S/C14H12ClNO2.C9H10.C8H10.C7H4Cl2O2.C7H9N.CH4/c1-9-3-2-4-11(7-9)16-14(18)12-6-5-10(15)8-13(12)17;1-3-9-6-4-5-8(2)7-9;1-7-4-3-5-8(2)6-7;8-4-1-2-5(7(9)11)6(10)3-4;1-6-3-2-4-7(8)5-6;/h2-8,17H,1H3,(H,16,18);3-7H,1H2,2H3;3-6H,1-2H3;1-3,10H;2-5H,8H2,1H3;1H4. The van der Waals surface area contributed by atoms with Gasteiger partial charge in [0.05, 0.1) is 11.1 Å². The molecule has 5 N–H and O–H groups in total. The third-order valence-corrected chi connectivity index (χ3v) is 7.82. The Labute approximate surface area is 340 Å². The number of halogens is 3. The second kappa shape index (κ2) is 24.7. The lowest BCUT2D eigenvalue weighted by molar-refractivity contribution is 0.102. The van der Waals surface area contributed by atoms with Crippen LogP contribution in [0, 0.1) is 34.6 Å². The lowest BCUT2D eigenvalue weighted by Crippen LogP contribution is -2.12. The van der Waals surface area contributed by atoms with E-state index in [1.54, 1.807) is 12.1 Å². The molecule has 0 aliphatic heterocycles. The number of aryl methyl sites for hydroxylation is 5. The number of phenols is 2. The van der Waals surface area contributed by atoms with Crippen LogP contribution in [-0.2, 0) is 0 Å². The highest BCUT2D eigenvalue weighted by Crippen LogP contribution is 2.24. The summed E-state index contributed by atoms with van der Waals surface area (Å²) in [6.45, 7) is 13.9. The SMILES string of the molecule is C.C=Cc1cccc(C)c1.Cc1cccc(C)c1.Cc1cccc(N)c1.Cc1cccc(NC(=O)c2ccc(Cl)cc2O)c1.O=C(Cl)c1ccc(Cl)cc1O. The molecule has 0 aliphatic rings. The number of anilines is 2. The number of hydrogen-bond donors (Lipinski definition) is 4. The molecule has 6 nitrogen and oxygen atoms in total. The van der Waals surface area contributed by atoms with Crippen molar-refractivity contribution in [3.05, 3.63) is 195 Å². The number of phenolic OH excluding ortho intramolecular Hbond substituents is 2. The Balaban J connectivity index is 0.000000357. The molecule has 0 atom stereocenters. The van der Waals surface area contributed by atoms with Gasteiger partial charge in [-0.3, -0.25) is 9.59 Å². The van der Waals surface area contributed by atoms with E-state index in [4.69, 9.17) is 45.6 Å². The van der Waals surface area contributed by atoms with Crippen LogP contribution in [0.4, 0.5) is 11.4 Å². The number of carbonyl (C=O) groups is 2. The Morgan fingerprint density at radius 1 is 0.600 bits per heavy atom. The van der Waals surface area contributed by atoms with E-state index in [-0.39, 0.29) is 36.0 Å². The average Bonchev–Trinajstić information content (AvgIpc) is 3.09. The van der Waals surface area contributed by atoms with E-state index >= 15 is 0 Å². The van der Waals surface area contributed by atoms with Crippen molar-refractivity contribution in [1.29, 1.82) is 0 Å². The van der Waals surface area contributed by atoms with Crippen molar-refractivity contribution in [2.45, 2.75) is 42.0 Å². The van der Waals surface area contributed by atoms with Gasteiger partial charge in [-0.1, -0.05) is 133 Å². The zero-order chi connectivity index (χ0) is 40.2. The molecule has 55 heavy (non-hydrogen) atoms. The fourth-order valence-corrected chi connectivity index (χ4v) is 5.06. The summed E-state index contributed by atoms with van der Waals surface area (Å²) in [4.78, 5) is 22.5. The number of benzene rings is 6. The van der Waals surface area contributed by atoms with Crippen LogP contribution in [0.3, 0.4) is 0 Å². The molecule has 0 aromatic heterocycles. The first-order chi connectivity index (χ1) is 25.6. The molecule has 1 amide bonds. The van der Waals surface area contributed by atoms with Gasteiger partial charge in [0.1, 0.15) is 11.5 Å². The molecule has 0 saturated heterocycles. The minimum Gasteiger partial charge on any atom is -0.507 e. The summed E-state index contributed by atoms with van der Waals surface area (Å²) in [6.07, 6.45) is 1.85. The average molecular weight is 800 g/mol. The Morgan fingerprint density at radius 3 is 1.40 bits per heavy atom. The van der Waals surface area contributed by atoms with Gasteiger partial charge >= 0.3 is 0 Å². The maximum absolute atomic E-state index is 11.9. The molecule has 288 valence electrons. The molecule has 0 spiro atoms. The van der Waals surface area contributed by atoms with Crippen molar-refractivity contribution < 1.29 is 19.8 Å². The molecule has 0 aliphatic carbocycles. The predicted octanol–water partition coefficient (Wildman–Crippen LogP) is 13.2. The number of nitrogen functional groups attached to an aromatic ring is 1. The minimum absolute atomic E-state index is 0. The van der Waals surface area contributed by atoms with Gasteiger partial charge in [0, 0.05) is 21.4 Å². The second-order valence-electron chi connectivity index (χ2n) is 12.1. The van der Waals surface area contributed by atoms with E-state index in [9.17, 15) is 14.7 Å². The van der Waals surface area contributed by atoms with Gasteiger partial charge in [-0.05, 0) is 124 Å². The topological polar surface area (TPSA) is 113 Å². The highest BCUT2D eigenvalue weighted by molar-refractivity contribution is 6.68. The van der Waals surface area contributed by atoms with Crippen LogP contribution < -0.4 is 11.1 Å². The smallest absolute Gasteiger partial charge is 0.259 e. The van der Waals surface area contributed by atoms with Crippen molar-refractivity contribution in [1.82, 2.24) is 0 Å². The quantitative estimate of drug-likeness (QED) is 0.105. The van der Waals surface area contributed by atoms with Gasteiger partial charge in [0.2, 0.25) is 0 Å². The van der Waals surface area contributed by atoms with Crippen molar-refractivity contribution in [2.24, 2.45) is 0 Å². The lowest BCUT2D eigenvalue weighted by Gasteiger charge is -2.07. The number of amides is 1. The first-order valence-corrected chi connectivity index (χ1v) is 17.8. The van der Waals surface area contributed by atoms with E-state index in [1.165, 1.54) is 58.1 Å². The number of rotatable bonds is 4. The van der Waals surface area contributed by atoms with Crippen LogP contribution in [0.2, 0.25) is 10.0 Å². The monoisotopic (exact) mass is 798 g/mol. The zero-order valence-corrected chi connectivity index (χ0v) is 33.2. The molecule has 0 fully saturated rings. The molecule has 0 heterocycles. The van der Waals surface area contributed by atoms with Crippen molar-refractivity contribution in [3.63, 3.8) is 0 Å². The highest BCUT2D eigenvalue weighted by Gasteiger charge is 2.11. The maximum atomic E-state index is 11.9. The second-order valence-corrected chi connectivity index (χ2v) is 13.3. The number of nitrogens with two attached hydrogens (primary N) is 1. The number of carbonyl (C=O) groups excluding carboxylic acids is 2. The molecule has 0 saturated carbocycles. The molecule has 9 heteroatoms. The van der Waals surface area contributed by atoms with Crippen LogP contribution >= 0.6 is 34.8 Å². The van der Waals surface area contributed by atoms with Crippen LogP contribution in [0.5, 0.6) is 11.5 Å². The van der Waals surface area contributed by atoms with Gasteiger partial charge in [-0.2, -0.15) is 0 Å². The van der Waals surface area contributed by atoms with Crippen molar-refractivity contribution in [2.75, 3.05) is 11.1 Å². The summed E-state index contributed by atoms with van der Waals surface area (Å²) < 4.78 is 0. The third kappa shape index (κ3) is 18.9. The third-order valence-electron chi connectivity index (χ3n) is 7.15. The molecule has 0 radical (unpaired) electrons. The van der Waals surface area contributed by atoms with Gasteiger partial charge in [0.25, 0.3) is 11.1 Å². The normalized spacial score (nSPS) is 9.38. The summed E-state index contributed by atoms with van der Waals surface area (Å²) in [5.74, 6) is -0.695. The van der Waals surface area contributed by atoms with E-state index in [0.29, 0.717) is 15.7 Å². The van der Waals surface area contributed by atoms with Crippen molar-refractivity contribution in [3.8, 4) is 11.5 Å². The summed E-state index contributed by atoms with van der Waals surface area (Å²) >= 11 is 16.3. The number of hydrogen-bond acceptors (Lipinski definition) is 5.